The Balaban J connectivity index is 1.59. The van der Waals surface area contributed by atoms with Crippen LogP contribution in [0.4, 0.5) is 5.95 Å². The van der Waals surface area contributed by atoms with Gasteiger partial charge in [0.05, 0.1) is 0 Å². The molecule has 1 N–H and O–H groups in total. The van der Waals surface area contributed by atoms with Gasteiger partial charge in [-0.25, -0.2) is 4.68 Å². The summed E-state index contributed by atoms with van der Waals surface area (Å²) in [5, 5.41) is 7.89. The molecule has 28 heavy (non-hydrogen) atoms. The minimum absolute atomic E-state index is 0.173. The molecule has 5 rings (SSSR count). The molecule has 140 valence electrons. The number of carbonyl (C=O) groups is 1. The molecule has 1 aliphatic heterocycles. The molecule has 2 aromatic carbocycles. The number of allylic oxidation sites excluding steroid dienone is 2. The molecule has 2 heterocycles. The van der Waals surface area contributed by atoms with Crippen LogP contribution in [-0.4, -0.2) is 20.5 Å². The zero-order valence-electron chi connectivity index (χ0n) is 15.6. The molecule has 6 nitrogen and oxygen atoms in total. The van der Waals surface area contributed by atoms with Crippen molar-refractivity contribution in [2.24, 2.45) is 0 Å². The van der Waals surface area contributed by atoms with Crippen LogP contribution in [-0.2, 0) is 4.79 Å². The van der Waals surface area contributed by atoms with E-state index in [0.717, 1.165) is 41.2 Å². The number of rotatable bonds is 3. The lowest BCUT2D eigenvalue weighted by Crippen LogP contribution is -2.31. The maximum Gasteiger partial charge on any atom is 0.226 e. The van der Waals surface area contributed by atoms with Crippen molar-refractivity contribution in [3.8, 4) is 11.5 Å². The van der Waals surface area contributed by atoms with Crippen molar-refractivity contribution in [2.75, 3.05) is 5.32 Å². The Morgan fingerprint density at radius 1 is 1.07 bits per heavy atom. The summed E-state index contributed by atoms with van der Waals surface area (Å²) in [5.74, 6) is 3.04. The lowest BCUT2D eigenvalue weighted by atomic mass is 9.85. The number of Topliss-reactive ketones (excluding diaryl/α,β-unsaturated/α-hetero) is 1. The SMILES string of the molecule is Cc1nc2n(n1)C(c1cccc(Oc3ccccc3)c1)C1=C(CCCC1=O)N2. The van der Waals surface area contributed by atoms with Gasteiger partial charge in [-0.05, 0) is 49.6 Å². The first-order chi connectivity index (χ1) is 13.7. The number of ether oxygens (including phenoxy) is 1. The summed E-state index contributed by atoms with van der Waals surface area (Å²) < 4.78 is 7.82. The topological polar surface area (TPSA) is 69.0 Å². The zero-order valence-corrected chi connectivity index (χ0v) is 15.6. The lowest BCUT2D eigenvalue weighted by Gasteiger charge is -2.32. The summed E-state index contributed by atoms with van der Waals surface area (Å²) >= 11 is 0. The molecule has 0 saturated carbocycles. The summed E-state index contributed by atoms with van der Waals surface area (Å²) in [4.78, 5) is 17.3. The normalized spacial score (nSPS) is 18.3. The van der Waals surface area contributed by atoms with Crippen molar-refractivity contribution >= 4 is 11.7 Å². The molecule has 0 saturated heterocycles. The Morgan fingerprint density at radius 2 is 1.89 bits per heavy atom. The second-order valence-corrected chi connectivity index (χ2v) is 7.11. The number of aryl methyl sites for hydroxylation is 1. The second-order valence-electron chi connectivity index (χ2n) is 7.11. The van der Waals surface area contributed by atoms with Gasteiger partial charge in [0.2, 0.25) is 5.95 Å². The molecule has 0 radical (unpaired) electrons. The summed E-state index contributed by atoms with van der Waals surface area (Å²) in [6, 6.07) is 17.2. The van der Waals surface area contributed by atoms with Gasteiger partial charge in [-0.15, -0.1) is 0 Å². The van der Waals surface area contributed by atoms with Gasteiger partial charge in [-0.2, -0.15) is 10.1 Å². The van der Waals surface area contributed by atoms with Crippen LogP contribution in [0.3, 0.4) is 0 Å². The summed E-state index contributed by atoms with van der Waals surface area (Å²) in [6.07, 6.45) is 2.28. The Hall–Kier alpha value is -3.41. The van der Waals surface area contributed by atoms with Crippen LogP contribution < -0.4 is 10.1 Å². The Bertz CT molecular complexity index is 1080. The highest BCUT2D eigenvalue weighted by Gasteiger charge is 2.36. The quantitative estimate of drug-likeness (QED) is 0.738. The van der Waals surface area contributed by atoms with Crippen LogP contribution in [0.1, 0.15) is 36.7 Å². The summed E-state index contributed by atoms with van der Waals surface area (Å²) in [7, 11) is 0. The van der Waals surface area contributed by atoms with E-state index in [2.05, 4.69) is 15.4 Å². The van der Waals surface area contributed by atoms with Crippen LogP contribution >= 0.6 is 0 Å². The van der Waals surface area contributed by atoms with E-state index < -0.39 is 0 Å². The van der Waals surface area contributed by atoms with Gasteiger partial charge in [0.25, 0.3) is 0 Å². The number of carbonyl (C=O) groups excluding carboxylic acids is 1. The number of hydrogen-bond donors (Lipinski definition) is 1. The third-order valence-corrected chi connectivity index (χ3v) is 5.13. The highest BCUT2D eigenvalue weighted by atomic mass is 16.5. The van der Waals surface area contributed by atoms with Crippen LogP contribution in [0.2, 0.25) is 0 Å². The maximum atomic E-state index is 12.8. The van der Waals surface area contributed by atoms with E-state index in [1.165, 1.54) is 0 Å². The minimum atomic E-state index is -0.292. The minimum Gasteiger partial charge on any atom is -0.457 e. The van der Waals surface area contributed by atoms with E-state index >= 15 is 0 Å². The molecular weight excluding hydrogens is 352 g/mol. The Morgan fingerprint density at radius 3 is 2.75 bits per heavy atom. The first-order valence-corrected chi connectivity index (χ1v) is 9.48. The van der Waals surface area contributed by atoms with E-state index in [1.807, 2.05) is 66.2 Å². The standard InChI is InChI=1S/C22H20N4O2/c1-14-23-22-24-18-11-6-12-19(27)20(18)21(26(22)25-14)15-7-5-10-17(13-15)28-16-8-3-2-4-9-16/h2-5,7-10,13,21H,6,11-12H2,1H3,(H,23,24,25). The van der Waals surface area contributed by atoms with Crippen molar-refractivity contribution in [3.05, 3.63) is 77.3 Å². The van der Waals surface area contributed by atoms with Gasteiger partial charge >= 0.3 is 0 Å². The van der Waals surface area contributed by atoms with E-state index in [-0.39, 0.29) is 11.8 Å². The van der Waals surface area contributed by atoms with Crippen LogP contribution in [0, 0.1) is 6.92 Å². The van der Waals surface area contributed by atoms with E-state index in [0.29, 0.717) is 18.2 Å². The number of nitrogens with one attached hydrogen (secondary N) is 1. The largest absolute Gasteiger partial charge is 0.457 e. The van der Waals surface area contributed by atoms with Gasteiger partial charge in [-0.3, -0.25) is 4.79 Å². The predicted molar refractivity (Wildman–Crippen MR) is 105 cm³/mol. The third-order valence-electron chi connectivity index (χ3n) is 5.13. The average Bonchev–Trinajstić information content (AvgIpc) is 3.07. The molecule has 3 aromatic rings. The summed E-state index contributed by atoms with van der Waals surface area (Å²) in [6.45, 7) is 1.86. The summed E-state index contributed by atoms with van der Waals surface area (Å²) in [5.41, 5.74) is 2.72. The fraction of sp³-hybridized carbons (Fsp3) is 0.227. The monoisotopic (exact) mass is 372 g/mol. The number of anilines is 1. The smallest absolute Gasteiger partial charge is 0.226 e. The van der Waals surface area contributed by atoms with Gasteiger partial charge in [0.15, 0.2) is 5.78 Å². The van der Waals surface area contributed by atoms with Crippen LogP contribution in [0.25, 0.3) is 0 Å². The molecule has 6 heteroatoms. The molecule has 1 unspecified atom stereocenters. The van der Waals surface area contributed by atoms with E-state index in [4.69, 9.17) is 4.74 Å². The van der Waals surface area contributed by atoms with Crippen molar-refractivity contribution in [2.45, 2.75) is 32.2 Å². The first-order valence-electron chi connectivity index (χ1n) is 9.48. The Kier molecular flexibility index (Phi) is 3.97. The van der Waals surface area contributed by atoms with E-state index in [9.17, 15) is 4.79 Å². The first kappa shape index (κ1) is 16.7. The number of aromatic nitrogens is 3. The number of hydrogen-bond acceptors (Lipinski definition) is 5. The average molecular weight is 372 g/mol. The Labute approximate surface area is 162 Å². The highest BCUT2D eigenvalue weighted by Crippen LogP contribution is 2.40. The van der Waals surface area contributed by atoms with Crippen molar-refractivity contribution < 1.29 is 9.53 Å². The van der Waals surface area contributed by atoms with Crippen molar-refractivity contribution in [1.29, 1.82) is 0 Å². The van der Waals surface area contributed by atoms with Crippen LogP contribution in [0.5, 0.6) is 11.5 Å². The molecule has 0 fully saturated rings. The second kappa shape index (κ2) is 6.64. The molecule has 0 spiro atoms. The molecule has 2 aliphatic rings. The molecule has 0 bridgehead atoms. The molecular formula is C22H20N4O2. The molecule has 1 atom stereocenters. The number of para-hydroxylation sites is 1. The van der Waals surface area contributed by atoms with Crippen LogP contribution in [0.15, 0.2) is 65.9 Å². The highest BCUT2D eigenvalue weighted by molar-refractivity contribution is 5.99. The fourth-order valence-corrected chi connectivity index (χ4v) is 3.94. The number of ketones is 1. The maximum absolute atomic E-state index is 12.8. The van der Waals surface area contributed by atoms with Gasteiger partial charge < -0.3 is 10.1 Å². The molecule has 0 amide bonds. The third kappa shape index (κ3) is 2.87. The van der Waals surface area contributed by atoms with Gasteiger partial charge in [-0.1, -0.05) is 30.3 Å². The van der Waals surface area contributed by atoms with Crippen molar-refractivity contribution in [3.63, 3.8) is 0 Å². The number of benzene rings is 2. The predicted octanol–water partition coefficient (Wildman–Crippen LogP) is 4.40. The molecule has 1 aliphatic carbocycles. The van der Waals surface area contributed by atoms with E-state index in [1.54, 1.807) is 0 Å². The van der Waals surface area contributed by atoms with Gasteiger partial charge in [0.1, 0.15) is 23.4 Å². The molecule has 1 aromatic heterocycles. The number of fused-ring (bicyclic) bond motifs is 1. The number of nitrogens with zero attached hydrogens (tertiary/aromatic N) is 3. The zero-order chi connectivity index (χ0) is 19.1. The van der Waals surface area contributed by atoms with Crippen molar-refractivity contribution in [1.82, 2.24) is 14.8 Å². The lowest BCUT2D eigenvalue weighted by molar-refractivity contribution is -0.116. The fourth-order valence-electron chi connectivity index (χ4n) is 3.94. The van der Waals surface area contributed by atoms with Gasteiger partial charge in [0, 0.05) is 17.7 Å².